The molecule has 4 nitrogen and oxygen atoms in total. The molecular formula is C14H17FN2O2. The van der Waals surface area contributed by atoms with Gasteiger partial charge >= 0.3 is 0 Å². The number of amides is 1. The van der Waals surface area contributed by atoms with E-state index in [0.29, 0.717) is 0 Å². The Kier molecular flexibility index (Phi) is 5.97. The van der Waals surface area contributed by atoms with Crippen molar-refractivity contribution < 1.29 is 13.9 Å². The summed E-state index contributed by atoms with van der Waals surface area (Å²) in [6.07, 6.45) is 0.191. The molecule has 1 N–H and O–H groups in total. The largest absolute Gasteiger partial charge is 0.378 e. The molecule has 0 fully saturated rings. The van der Waals surface area contributed by atoms with Crippen LogP contribution >= 0.6 is 0 Å². The summed E-state index contributed by atoms with van der Waals surface area (Å²) in [6.45, 7) is 4.02. The molecule has 0 aliphatic rings. The molecule has 19 heavy (non-hydrogen) atoms. The van der Waals surface area contributed by atoms with Gasteiger partial charge in [0, 0.05) is 5.56 Å². The number of hydrogen-bond donors (Lipinski definition) is 1. The number of nitriles is 1. The van der Waals surface area contributed by atoms with E-state index in [1.54, 1.807) is 6.07 Å². The fourth-order valence-electron chi connectivity index (χ4n) is 1.51. The molecule has 0 aliphatic heterocycles. The lowest BCUT2D eigenvalue weighted by atomic mass is 10.1. The number of ether oxygens (including phenoxy) is 1. The molecule has 0 aliphatic carbocycles. The van der Waals surface area contributed by atoms with E-state index in [0.717, 1.165) is 0 Å². The second-order valence-electron chi connectivity index (χ2n) is 4.32. The minimum absolute atomic E-state index is 0.0473. The molecule has 0 saturated heterocycles. The van der Waals surface area contributed by atoms with Crippen molar-refractivity contribution in [1.29, 1.82) is 5.26 Å². The molecule has 0 bridgehead atoms. The van der Waals surface area contributed by atoms with Crippen LogP contribution < -0.4 is 5.32 Å². The maximum Gasteiger partial charge on any atom is 0.223 e. The lowest BCUT2D eigenvalue weighted by Gasteiger charge is -2.13. The summed E-state index contributed by atoms with van der Waals surface area (Å²) < 4.78 is 18.7. The van der Waals surface area contributed by atoms with Gasteiger partial charge in [-0.25, -0.2) is 4.39 Å². The van der Waals surface area contributed by atoms with Crippen LogP contribution in [-0.4, -0.2) is 18.6 Å². The molecule has 1 atom stereocenters. The molecule has 102 valence electrons. The lowest BCUT2D eigenvalue weighted by molar-refractivity contribution is -0.122. The van der Waals surface area contributed by atoms with Crippen LogP contribution in [0.15, 0.2) is 24.3 Å². The Bertz CT molecular complexity index is 469. The van der Waals surface area contributed by atoms with E-state index in [2.05, 4.69) is 5.32 Å². The van der Waals surface area contributed by atoms with Crippen LogP contribution in [-0.2, 0) is 9.53 Å². The molecule has 0 spiro atoms. The van der Waals surface area contributed by atoms with E-state index < -0.39 is 11.9 Å². The van der Waals surface area contributed by atoms with Gasteiger partial charge in [-0.15, -0.1) is 0 Å². The van der Waals surface area contributed by atoms with Gasteiger partial charge in [0.15, 0.2) is 0 Å². The highest BCUT2D eigenvalue weighted by atomic mass is 19.1. The summed E-state index contributed by atoms with van der Waals surface area (Å²) in [5.41, 5.74) is 0.170. The Hall–Kier alpha value is -1.93. The first-order chi connectivity index (χ1) is 9.04. The zero-order valence-electron chi connectivity index (χ0n) is 11.0. The van der Waals surface area contributed by atoms with Crippen LogP contribution in [0.25, 0.3) is 0 Å². The number of rotatable bonds is 6. The third-order valence-corrected chi connectivity index (χ3v) is 2.43. The normalized spacial score (nSPS) is 11.9. The van der Waals surface area contributed by atoms with Crippen LogP contribution in [0.3, 0.4) is 0 Å². The van der Waals surface area contributed by atoms with Crippen molar-refractivity contribution in [3.8, 4) is 6.07 Å². The van der Waals surface area contributed by atoms with Crippen molar-refractivity contribution in [1.82, 2.24) is 5.32 Å². The summed E-state index contributed by atoms with van der Waals surface area (Å²) in [6, 6.07) is 6.79. The second-order valence-corrected chi connectivity index (χ2v) is 4.32. The maximum atomic E-state index is 13.5. The second kappa shape index (κ2) is 7.49. The van der Waals surface area contributed by atoms with Gasteiger partial charge in [0.1, 0.15) is 11.9 Å². The van der Waals surface area contributed by atoms with Crippen molar-refractivity contribution in [3.63, 3.8) is 0 Å². The van der Waals surface area contributed by atoms with Crippen LogP contribution in [0.1, 0.15) is 31.9 Å². The van der Waals surface area contributed by atoms with E-state index >= 15 is 0 Å². The van der Waals surface area contributed by atoms with Crippen molar-refractivity contribution >= 4 is 5.91 Å². The van der Waals surface area contributed by atoms with Gasteiger partial charge < -0.3 is 10.1 Å². The first-order valence-corrected chi connectivity index (χ1v) is 6.09. The van der Waals surface area contributed by atoms with Gasteiger partial charge in [0.25, 0.3) is 0 Å². The highest BCUT2D eigenvalue weighted by molar-refractivity contribution is 5.76. The Morgan fingerprint density at radius 2 is 2.16 bits per heavy atom. The van der Waals surface area contributed by atoms with Gasteiger partial charge in [0.05, 0.1) is 25.2 Å². The summed E-state index contributed by atoms with van der Waals surface area (Å²) in [4.78, 5) is 11.6. The topological polar surface area (TPSA) is 62.1 Å². The van der Waals surface area contributed by atoms with Crippen LogP contribution in [0.4, 0.5) is 4.39 Å². The fraction of sp³-hybridized carbons (Fsp3) is 0.429. The quantitative estimate of drug-likeness (QED) is 0.857. The number of nitrogens with one attached hydrogen (secondary N) is 1. The van der Waals surface area contributed by atoms with Gasteiger partial charge in [-0.1, -0.05) is 18.2 Å². The molecule has 0 radical (unpaired) electrons. The summed E-state index contributed by atoms with van der Waals surface area (Å²) in [5.74, 6) is -0.844. The highest BCUT2D eigenvalue weighted by Gasteiger charge is 2.16. The van der Waals surface area contributed by atoms with E-state index in [1.165, 1.54) is 18.2 Å². The molecular weight excluding hydrogens is 247 g/mol. The summed E-state index contributed by atoms with van der Waals surface area (Å²) in [5, 5.41) is 11.5. The minimum Gasteiger partial charge on any atom is -0.378 e. The Morgan fingerprint density at radius 1 is 1.47 bits per heavy atom. The van der Waals surface area contributed by atoms with Crippen molar-refractivity contribution in [3.05, 3.63) is 35.6 Å². The first-order valence-electron chi connectivity index (χ1n) is 6.09. The molecule has 1 aromatic carbocycles. The Labute approximate surface area is 112 Å². The number of carbonyl (C=O) groups excluding carboxylic acids is 1. The third-order valence-electron chi connectivity index (χ3n) is 2.43. The average Bonchev–Trinajstić information content (AvgIpc) is 2.36. The van der Waals surface area contributed by atoms with E-state index in [-0.39, 0.29) is 30.6 Å². The molecule has 0 aromatic heterocycles. The van der Waals surface area contributed by atoms with Crippen LogP contribution in [0, 0.1) is 17.1 Å². The molecule has 1 aromatic rings. The molecule has 0 unspecified atom stereocenters. The monoisotopic (exact) mass is 264 g/mol. The maximum absolute atomic E-state index is 13.5. The Morgan fingerprint density at radius 3 is 2.74 bits per heavy atom. The van der Waals surface area contributed by atoms with Gasteiger partial charge in [-0.2, -0.15) is 5.26 Å². The van der Waals surface area contributed by atoms with Crippen molar-refractivity contribution in [2.24, 2.45) is 0 Å². The molecule has 0 saturated carbocycles. The number of nitrogens with zero attached hydrogens (tertiary/aromatic N) is 1. The minimum atomic E-state index is -0.979. The predicted molar refractivity (Wildman–Crippen MR) is 68.6 cm³/mol. The molecule has 1 amide bonds. The average molecular weight is 264 g/mol. The number of benzene rings is 1. The van der Waals surface area contributed by atoms with Gasteiger partial charge in [-0.3, -0.25) is 4.79 Å². The van der Waals surface area contributed by atoms with Crippen LogP contribution in [0.5, 0.6) is 0 Å². The smallest absolute Gasteiger partial charge is 0.223 e. The van der Waals surface area contributed by atoms with E-state index in [4.69, 9.17) is 10.00 Å². The van der Waals surface area contributed by atoms with E-state index in [9.17, 15) is 9.18 Å². The SMILES string of the molecule is CC(C)OCCC(=O)N[C@@H](C#N)c1ccccc1F. The van der Waals surface area contributed by atoms with Crippen LogP contribution in [0.2, 0.25) is 0 Å². The van der Waals surface area contributed by atoms with E-state index in [1.807, 2.05) is 19.9 Å². The highest BCUT2D eigenvalue weighted by Crippen LogP contribution is 2.16. The van der Waals surface area contributed by atoms with Gasteiger partial charge in [-0.05, 0) is 19.9 Å². The Balaban J connectivity index is 2.56. The predicted octanol–water partition coefficient (Wildman–Crippen LogP) is 2.32. The third kappa shape index (κ3) is 5.06. The number of carbonyl (C=O) groups is 1. The number of hydrogen-bond acceptors (Lipinski definition) is 3. The molecule has 1 rings (SSSR count). The van der Waals surface area contributed by atoms with Crippen molar-refractivity contribution in [2.45, 2.75) is 32.4 Å². The standard InChI is InChI=1S/C14H17FN2O2/c1-10(2)19-8-7-14(18)17-13(9-16)11-5-3-4-6-12(11)15/h3-6,10,13H,7-8H2,1-2H3,(H,17,18)/t13-/m0/s1. The molecule has 5 heteroatoms. The molecule has 0 heterocycles. The summed E-state index contributed by atoms with van der Waals surface area (Å²) in [7, 11) is 0. The first kappa shape index (κ1) is 15.1. The fourth-order valence-corrected chi connectivity index (χ4v) is 1.51. The number of halogens is 1. The van der Waals surface area contributed by atoms with Gasteiger partial charge in [0.2, 0.25) is 5.91 Å². The zero-order valence-corrected chi connectivity index (χ0v) is 11.0. The lowest BCUT2D eigenvalue weighted by Crippen LogP contribution is -2.29. The zero-order chi connectivity index (χ0) is 14.3. The van der Waals surface area contributed by atoms with Crippen molar-refractivity contribution in [2.75, 3.05) is 6.61 Å². The summed E-state index contributed by atoms with van der Waals surface area (Å²) >= 11 is 0.